The lowest BCUT2D eigenvalue weighted by Gasteiger charge is -2.24. The van der Waals surface area contributed by atoms with E-state index in [4.69, 9.17) is 9.73 Å². The highest BCUT2D eigenvalue weighted by Gasteiger charge is 2.24. The zero-order chi connectivity index (χ0) is 18.9. The standard InChI is InChI=1S/C23H20FN3O/c24-16-9-11-17(12-10-16)25-20-6-3-7-21-19(20)14-28-23(26-21)27-22-13-8-15-4-1-2-5-18(15)22/h1-7,9-12,22,25H,8,13-14H2,(H,26,27). The van der Waals surface area contributed by atoms with Crippen LogP contribution in [0.25, 0.3) is 0 Å². The minimum Gasteiger partial charge on any atom is -0.460 e. The van der Waals surface area contributed by atoms with Crippen molar-refractivity contribution in [3.63, 3.8) is 0 Å². The van der Waals surface area contributed by atoms with Crippen LogP contribution in [0.4, 0.5) is 21.5 Å². The fourth-order valence-corrected chi connectivity index (χ4v) is 3.84. The highest BCUT2D eigenvalue weighted by Crippen LogP contribution is 2.35. The molecule has 4 nitrogen and oxygen atoms in total. The maximum atomic E-state index is 13.1. The van der Waals surface area contributed by atoms with Gasteiger partial charge in [0.1, 0.15) is 12.4 Å². The first-order valence-corrected chi connectivity index (χ1v) is 9.46. The second-order valence-electron chi connectivity index (χ2n) is 7.06. The lowest BCUT2D eigenvalue weighted by molar-refractivity contribution is 0.283. The number of aryl methyl sites for hydroxylation is 1. The van der Waals surface area contributed by atoms with Crippen molar-refractivity contribution in [2.75, 3.05) is 10.6 Å². The SMILES string of the molecule is Fc1ccc(Nc2cccc3c2COC(=NC2CCc4ccccc42)N3)cc1. The largest absolute Gasteiger partial charge is 0.460 e. The molecule has 0 saturated heterocycles. The van der Waals surface area contributed by atoms with E-state index in [1.165, 1.54) is 23.3 Å². The van der Waals surface area contributed by atoms with Crippen LogP contribution in [0.1, 0.15) is 29.2 Å². The molecule has 0 fully saturated rings. The first-order valence-electron chi connectivity index (χ1n) is 9.46. The van der Waals surface area contributed by atoms with Crippen LogP contribution in [0.3, 0.4) is 0 Å². The number of hydrogen-bond donors (Lipinski definition) is 2. The van der Waals surface area contributed by atoms with Gasteiger partial charge in [0.2, 0.25) is 0 Å². The molecular formula is C23H20FN3O. The summed E-state index contributed by atoms with van der Waals surface area (Å²) in [4.78, 5) is 4.82. The molecule has 1 heterocycles. The number of nitrogens with one attached hydrogen (secondary N) is 2. The summed E-state index contributed by atoms with van der Waals surface area (Å²) in [5.41, 5.74) is 6.43. The van der Waals surface area contributed by atoms with Crippen molar-refractivity contribution in [2.45, 2.75) is 25.5 Å². The van der Waals surface area contributed by atoms with E-state index in [-0.39, 0.29) is 11.9 Å². The first kappa shape index (κ1) is 16.8. The van der Waals surface area contributed by atoms with E-state index in [0.29, 0.717) is 12.6 Å². The Morgan fingerprint density at radius 2 is 1.86 bits per heavy atom. The molecule has 0 bridgehead atoms. The van der Waals surface area contributed by atoms with Crippen molar-refractivity contribution in [2.24, 2.45) is 4.99 Å². The molecule has 0 aromatic heterocycles. The van der Waals surface area contributed by atoms with E-state index in [1.54, 1.807) is 12.1 Å². The molecule has 1 aliphatic heterocycles. The second-order valence-corrected chi connectivity index (χ2v) is 7.06. The zero-order valence-corrected chi connectivity index (χ0v) is 15.3. The van der Waals surface area contributed by atoms with Gasteiger partial charge in [0.15, 0.2) is 0 Å². The van der Waals surface area contributed by atoms with Gasteiger partial charge in [-0.2, -0.15) is 0 Å². The molecule has 0 radical (unpaired) electrons. The van der Waals surface area contributed by atoms with Crippen LogP contribution >= 0.6 is 0 Å². The summed E-state index contributed by atoms with van der Waals surface area (Å²) in [5, 5.41) is 6.65. The Hall–Kier alpha value is -3.34. The minimum atomic E-state index is -0.250. The van der Waals surface area contributed by atoms with E-state index in [0.717, 1.165) is 35.5 Å². The van der Waals surface area contributed by atoms with E-state index in [1.807, 2.05) is 18.2 Å². The predicted molar refractivity (Wildman–Crippen MR) is 109 cm³/mol. The number of nitrogens with zero attached hydrogens (tertiary/aromatic N) is 1. The molecule has 28 heavy (non-hydrogen) atoms. The lowest BCUT2D eigenvalue weighted by atomic mass is 10.1. The summed E-state index contributed by atoms with van der Waals surface area (Å²) in [6, 6.07) is 21.5. The smallest absolute Gasteiger partial charge is 0.290 e. The number of benzene rings is 3. The second kappa shape index (κ2) is 7.00. The Kier molecular flexibility index (Phi) is 4.20. The normalized spacial score (nSPS) is 18.8. The van der Waals surface area contributed by atoms with Gasteiger partial charge in [0.25, 0.3) is 6.02 Å². The summed E-state index contributed by atoms with van der Waals surface area (Å²) in [7, 11) is 0. The van der Waals surface area contributed by atoms with Gasteiger partial charge >= 0.3 is 0 Å². The summed E-state index contributed by atoms with van der Waals surface area (Å²) in [6.45, 7) is 0.430. The number of hydrogen-bond acceptors (Lipinski definition) is 3. The molecule has 1 aliphatic carbocycles. The van der Waals surface area contributed by atoms with Gasteiger partial charge in [-0.15, -0.1) is 0 Å². The predicted octanol–water partition coefficient (Wildman–Crippen LogP) is 5.55. The maximum Gasteiger partial charge on any atom is 0.290 e. The van der Waals surface area contributed by atoms with Gasteiger partial charge in [-0.3, -0.25) is 0 Å². The van der Waals surface area contributed by atoms with Crippen LogP contribution in [-0.4, -0.2) is 6.02 Å². The van der Waals surface area contributed by atoms with Gasteiger partial charge < -0.3 is 15.4 Å². The summed E-state index contributed by atoms with van der Waals surface area (Å²) in [5.74, 6) is -0.250. The van der Waals surface area contributed by atoms with E-state index in [9.17, 15) is 4.39 Å². The fraction of sp³-hybridized carbons (Fsp3) is 0.174. The summed E-state index contributed by atoms with van der Waals surface area (Å²) >= 11 is 0. The number of aliphatic imine (C=N–C) groups is 1. The van der Waals surface area contributed by atoms with Crippen LogP contribution in [0.5, 0.6) is 0 Å². The van der Waals surface area contributed by atoms with Crippen LogP contribution < -0.4 is 10.6 Å². The van der Waals surface area contributed by atoms with Crippen molar-refractivity contribution < 1.29 is 9.13 Å². The Labute approximate surface area is 163 Å². The van der Waals surface area contributed by atoms with E-state index >= 15 is 0 Å². The first-order chi connectivity index (χ1) is 13.8. The number of halogens is 1. The number of amidine groups is 1. The highest BCUT2D eigenvalue weighted by molar-refractivity contribution is 5.93. The average molecular weight is 373 g/mol. The minimum absolute atomic E-state index is 0.140. The van der Waals surface area contributed by atoms with E-state index < -0.39 is 0 Å². The molecule has 2 aliphatic rings. The van der Waals surface area contributed by atoms with Gasteiger partial charge in [0.05, 0.1) is 11.7 Å². The fourth-order valence-electron chi connectivity index (χ4n) is 3.84. The molecule has 5 heteroatoms. The molecule has 1 unspecified atom stereocenters. The van der Waals surface area contributed by atoms with Crippen LogP contribution in [-0.2, 0) is 17.8 Å². The van der Waals surface area contributed by atoms with Crippen LogP contribution in [0.2, 0.25) is 0 Å². The molecule has 1 atom stereocenters. The lowest BCUT2D eigenvalue weighted by Crippen LogP contribution is -2.23. The third kappa shape index (κ3) is 3.20. The molecule has 0 saturated carbocycles. The third-order valence-corrected chi connectivity index (χ3v) is 5.27. The monoisotopic (exact) mass is 373 g/mol. The Balaban J connectivity index is 1.37. The molecule has 0 spiro atoms. The number of ether oxygens (including phenoxy) is 1. The van der Waals surface area contributed by atoms with Crippen molar-refractivity contribution in [1.82, 2.24) is 0 Å². The van der Waals surface area contributed by atoms with Gasteiger partial charge in [0, 0.05) is 16.9 Å². The Morgan fingerprint density at radius 3 is 2.75 bits per heavy atom. The maximum absolute atomic E-state index is 13.1. The molecule has 140 valence electrons. The number of fused-ring (bicyclic) bond motifs is 2. The van der Waals surface area contributed by atoms with Crippen LogP contribution in [0, 0.1) is 5.82 Å². The topological polar surface area (TPSA) is 45.6 Å². The van der Waals surface area contributed by atoms with E-state index in [2.05, 4.69) is 34.9 Å². The number of rotatable bonds is 3. The molecule has 3 aromatic carbocycles. The van der Waals surface area contributed by atoms with Crippen molar-refractivity contribution in [3.05, 3.63) is 89.2 Å². The summed E-state index contributed by atoms with van der Waals surface area (Å²) < 4.78 is 19.0. The van der Waals surface area contributed by atoms with Crippen LogP contribution in [0.15, 0.2) is 71.7 Å². The average Bonchev–Trinajstić information content (AvgIpc) is 3.13. The molecule has 5 rings (SSSR count). The van der Waals surface area contributed by atoms with Gasteiger partial charge in [-0.1, -0.05) is 30.3 Å². The highest BCUT2D eigenvalue weighted by atomic mass is 19.1. The molecule has 0 amide bonds. The van der Waals surface area contributed by atoms with Gasteiger partial charge in [-0.05, 0) is 60.4 Å². The molecular weight excluding hydrogens is 353 g/mol. The molecule has 3 aromatic rings. The van der Waals surface area contributed by atoms with Gasteiger partial charge in [-0.25, -0.2) is 9.38 Å². The van der Waals surface area contributed by atoms with Crippen molar-refractivity contribution >= 4 is 23.1 Å². The molecule has 2 N–H and O–H groups in total. The van der Waals surface area contributed by atoms with Crippen molar-refractivity contribution in [3.8, 4) is 0 Å². The quantitative estimate of drug-likeness (QED) is 0.632. The Bertz CT molecular complexity index is 1050. The number of anilines is 3. The third-order valence-electron chi connectivity index (χ3n) is 5.27. The Morgan fingerprint density at radius 1 is 1.00 bits per heavy atom. The summed E-state index contributed by atoms with van der Waals surface area (Å²) in [6.07, 6.45) is 2.06. The zero-order valence-electron chi connectivity index (χ0n) is 15.3. The van der Waals surface area contributed by atoms with Crippen molar-refractivity contribution in [1.29, 1.82) is 0 Å².